The van der Waals surface area contributed by atoms with Crippen molar-refractivity contribution in [3.05, 3.63) is 64.2 Å². The number of carboxylic acid groups (broad SMARTS) is 1. The first kappa shape index (κ1) is 29.9. The van der Waals surface area contributed by atoms with E-state index < -0.39 is 29.6 Å². The van der Waals surface area contributed by atoms with Crippen molar-refractivity contribution in [1.29, 1.82) is 0 Å². The van der Waals surface area contributed by atoms with Gasteiger partial charge in [0.25, 0.3) is 11.0 Å². The average molecular weight is 553 g/mol. The number of hydrogen-bond acceptors (Lipinski definition) is 9. The Kier molecular flexibility index (Phi) is 10.4. The zero-order valence-electron chi connectivity index (χ0n) is 22.6. The fourth-order valence-electron chi connectivity index (χ4n) is 4.24. The van der Waals surface area contributed by atoms with Gasteiger partial charge in [-0.2, -0.15) is 0 Å². The quantitative estimate of drug-likeness (QED) is 0.229. The average Bonchev–Trinajstić information content (AvgIpc) is 3.41. The Bertz CT molecular complexity index is 1340. The summed E-state index contributed by atoms with van der Waals surface area (Å²) in [6, 6.07) is 13.7. The highest BCUT2D eigenvalue weighted by Gasteiger charge is 2.32. The molecule has 1 amide bonds. The molecule has 0 spiro atoms. The largest absolute Gasteiger partial charge is 0.480 e. The minimum absolute atomic E-state index is 0.164. The van der Waals surface area contributed by atoms with Gasteiger partial charge >= 0.3 is 5.97 Å². The topological polar surface area (TPSA) is 171 Å². The summed E-state index contributed by atoms with van der Waals surface area (Å²) in [6.45, 7) is 5.30. The lowest BCUT2D eigenvalue weighted by Crippen LogP contribution is -2.47. The number of nitrogens with zero attached hydrogens (tertiary/aromatic N) is 6. The Balaban J connectivity index is 1.83. The van der Waals surface area contributed by atoms with Crippen LogP contribution in [0.25, 0.3) is 22.5 Å². The van der Waals surface area contributed by atoms with Crippen molar-refractivity contribution in [2.45, 2.75) is 59.0 Å². The summed E-state index contributed by atoms with van der Waals surface area (Å²) in [5.74, 6) is -1.90. The number of carboxylic acids is 1. The highest BCUT2D eigenvalue weighted by molar-refractivity contribution is 5.84. The van der Waals surface area contributed by atoms with E-state index in [0.717, 1.165) is 27.9 Å². The first-order valence-corrected chi connectivity index (χ1v) is 12.9. The van der Waals surface area contributed by atoms with Crippen molar-refractivity contribution in [2.24, 2.45) is 5.92 Å². The van der Waals surface area contributed by atoms with Crippen molar-refractivity contribution in [3.63, 3.8) is 0 Å². The van der Waals surface area contributed by atoms with Crippen LogP contribution in [0.1, 0.15) is 56.8 Å². The van der Waals surface area contributed by atoms with E-state index in [1.165, 1.54) is 4.90 Å². The van der Waals surface area contributed by atoms with Gasteiger partial charge in [0.1, 0.15) is 12.6 Å². The summed E-state index contributed by atoms with van der Waals surface area (Å²) in [4.78, 5) is 53.9. The molecule has 0 unspecified atom stereocenters. The van der Waals surface area contributed by atoms with Gasteiger partial charge in [0, 0.05) is 18.5 Å². The Morgan fingerprint density at radius 2 is 1.75 bits per heavy atom. The number of carbonyl (C=O) groups is 3. The Morgan fingerprint density at radius 3 is 2.35 bits per heavy atom. The van der Waals surface area contributed by atoms with Gasteiger partial charge in [-0.25, -0.2) is 4.79 Å². The molecule has 0 aliphatic rings. The molecule has 13 nitrogen and oxygen atoms in total. The summed E-state index contributed by atoms with van der Waals surface area (Å²) in [5.41, 5.74) is 2.96. The number of unbranched alkanes of at least 4 members (excludes halogenated alkanes) is 1. The number of rotatable bonds is 14. The Hall–Kier alpha value is -4.68. The second-order valence-electron chi connectivity index (χ2n) is 9.50. The van der Waals surface area contributed by atoms with Gasteiger partial charge in [-0.3, -0.25) is 9.59 Å². The molecule has 0 radical (unpaired) electrons. The summed E-state index contributed by atoms with van der Waals surface area (Å²) in [5, 5.41) is 31.0. The highest BCUT2D eigenvalue weighted by Crippen LogP contribution is 2.30. The maximum atomic E-state index is 13.0. The lowest BCUT2D eigenvalue weighted by molar-refractivity contribution is -0.757. The van der Waals surface area contributed by atoms with Crippen molar-refractivity contribution in [1.82, 2.24) is 25.1 Å². The summed E-state index contributed by atoms with van der Waals surface area (Å²) in [6.07, 6.45) is 1.51. The fourth-order valence-corrected chi connectivity index (χ4v) is 4.24. The molecule has 1 aromatic heterocycles. The monoisotopic (exact) mass is 552 g/mol. The van der Waals surface area contributed by atoms with Crippen LogP contribution in [0.3, 0.4) is 0 Å². The van der Waals surface area contributed by atoms with E-state index in [9.17, 15) is 29.6 Å². The number of hydrogen-bond donors (Lipinski definition) is 1. The number of carbonyl (C=O) groups excluding carboxylic acids is 2. The van der Waals surface area contributed by atoms with Gasteiger partial charge in [-0.15, -0.1) is 20.3 Å². The number of aromatic nitrogens is 4. The maximum Gasteiger partial charge on any atom is 0.326 e. The van der Waals surface area contributed by atoms with Crippen molar-refractivity contribution in [2.75, 3.05) is 6.61 Å². The second-order valence-corrected chi connectivity index (χ2v) is 9.50. The van der Waals surface area contributed by atoms with Gasteiger partial charge in [0.15, 0.2) is 0 Å². The lowest BCUT2D eigenvalue weighted by atomic mass is 9.97. The van der Waals surface area contributed by atoms with Crippen LogP contribution in [-0.4, -0.2) is 65.7 Å². The van der Waals surface area contributed by atoms with Crippen LogP contribution in [-0.2, 0) is 21.0 Å². The molecular weight excluding hydrogens is 520 g/mol. The molecule has 0 saturated heterocycles. The molecule has 0 saturated carbocycles. The molecule has 13 heteroatoms. The third-order valence-corrected chi connectivity index (χ3v) is 6.22. The SMILES string of the molecule is CCCCC(=O)N(Cc1ccc(-c2ccccc2-c2nnn(C(=O)CCO[N+](=O)[O-])n2)cc1)[C@@H](C(=O)O)C(C)C. The molecule has 3 aromatic rings. The van der Waals surface area contributed by atoms with E-state index in [0.29, 0.717) is 12.0 Å². The van der Waals surface area contributed by atoms with Gasteiger partial charge < -0.3 is 14.8 Å². The third kappa shape index (κ3) is 7.68. The van der Waals surface area contributed by atoms with Crippen LogP contribution in [0.4, 0.5) is 0 Å². The molecule has 40 heavy (non-hydrogen) atoms. The van der Waals surface area contributed by atoms with Gasteiger partial charge in [-0.05, 0) is 34.2 Å². The molecule has 1 heterocycles. The van der Waals surface area contributed by atoms with Crippen molar-refractivity contribution in [3.8, 4) is 22.5 Å². The Labute approximate surface area is 230 Å². The third-order valence-electron chi connectivity index (χ3n) is 6.22. The van der Waals surface area contributed by atoms with Crippen LogP contribution >= 0.6 is 0 Å². The van der Waals surface area contributed by atoms with Crippen LogP contribution in [0.5, 0.6) is 0 Å². The van der Waals surface area contributed by atoms with Gasteiger partial charge in [0.05, 0.1) is 6.42 Å². The molecule has 1 atom stereocenters. The van der Waals surface area contributed by atoms with Crippen LogP contribution in [0.15, 0.2) is 48.5 Å². The first-order chi connectivity index (χ1) is 19.1. The van der Waals surface area contributed by atoms with Gasteiger partial charge in [-0.1, -0.05) is 80.5 Å². The van der Waals surface area contributed by atoms with Crippen molar-refractivity contribution >= 4 is 17.8 Å². The normalized spacial score (nSPS) is 11.7. The second kappa shape index (κ2) is 13.9. The minimum Gasteiger partial charge on any atom is -0.480 e. The van der Waals surface area contributed by atoms with Crippen LogP contribution in [0, 0.1) is 16.0 Å². The lowest BCUT2D eigenvalue weighted by Gasteiger charge is -2.32. The molecule has 1 N–H and O–H groups in total. The van der Waals surface area contributed by atoms with Crippen LogP contribution in [0.2, 0.25) is 0 Å². The molecule has 0 fully saturated rings. The molecule has 3 rings (SSSR count). The van der Waals surface area contributed by atoms with E-state index in [1.807, 2.05) is 43.3 Å². The molecule has 0 aliphatic carbocycles. The van der Waals surface area contributed by atoms with Crippen molar-refractivity contribution < 1.29 is 29.4 Å². The summed E-state index contributed by atoms with van der Waals surface area (Å²) in [7, 11) is 0. The minimum atomic E-state index is -1.03. The van der Waals surface area contributed by atoms with Gasteiger partial charge in [0.2, 0.25) is 11.7 Å². The van der Waals surface area contributed by atoms with E-state index in [-0.39, 0.29) is 37.0 Å². The molecule has 212 valence electrons. The predicted molar refractivity (Wildman–Crippen MR) is 143 cm³/mol. The van der Waals surface area contributed by atoms with Crippen LogP contribution < -0.4 is 0 Å². The number of amides is 1. The number of aliphatic carboxylic acids is 1. The molecule has 2 aromatic carbocycles. The first-order valence-electron chi connectivity index (χ1n) is 12.9. The van der Waals surface area contributed by atoms with E-state index in [2.05, 4.69) is 20.2 Å². The number of tetrazole rings is 1. The summed E-state index contributed by atoms with van der Waals surface area (Å²) >= 11 is 0. The molecular formula is C27H32N6O7. The predicted octanol–water partition coefficient (Wildman–Crippen LogP) is 3.87. The number of benzene rings is 2. The zero-order valence-corrected chi connectivity index (χ0v) is 22.6. The standard InChI is InChI=1S/C27H32N6O7/c1-4-5-10-23(34)31(25(18(2)3)27(36)37)17-19-11-13-20(14-12-19)21-8-6-7-9-22(21)26-28-30-32(29-26)24(35)15-16-40-33(38)39/h6-9,11-14,18,25H,4-5,10,15-17H2,1-3H3,(H,36,37)/t25-/m1/s1. The van der Waals surface area contributed by atoms with E-state index in [4.69, 9.17) is 0 Å². The smallest absolute Gasteiger partial charge is 0.326 e. The maximum absolute atomic E-state index is 13.0. The Morgan fingerprint density at radius 1 is 1.07 bits per heavy atom. The van der Waals surface area contributed by atoms with E-state index >= 15 is 0 Å². The fraction of sp³-hybridized carbons (Fsp3) is 0.407. The van der Waals surface area contributed by atoms with E-state index in [1.54, 1.807) is 26.0 Å². The molecule has 0 bridgehead atoms. The highest BCUT2D eigenvalue weighted by atomic mass is 16.9. The molecule has 0 aliphatic heterocycles. The summed E-state index contributed by atoms with van der Waals surface area (Å²) < 4.78 is 0. The zero-order chi connectivity index (χ0) is 29.2.